The molecule has 1 aromatic carbocycles. The fourth-order valence-electron chi connectivity index (χ4n) is 1.95. The van der Waals surface area contributed by atoms with Crippen LogP contribution < -0.4 is 5.32 Å². The van der Waals surface area contributed by atoms with Crippen molar-refractivity contribution in [1.82, 2.24) is 5.32 Å². The van der Waals surface area contributed by atoms with E-state index < -0.39 is 6.09 Å². The number of amides is 1. The van der Waals surface area contributed by atoms with Gasteiger partial charge in [0, 0.05) is 16.0 Å². The molecule has 1 heterocycles. The highest BCUT2D eigenvalue weighted by molar-refractivity contribution is 6.30. The van der Waals surface area contributed by atoms with E-state index in [4.69, 9.17) is 16.3 Å². The summed E-state index contributed by atoms with van der Waals surface area (Å²) in [5.41, 5.74) is 0.301. The van der Waals surface area contributed by atoms with E-state index in [1.165, 1.54) is 6.07 Å². The lowest BCUT2D eigenvalue weighted by Crippen LogP contribution is -2.46. The van der Waals surface area contributed by atoms with E-state index in [-0.39, 0.29) is 17.2 Å². The van der Waals surface area contributed by atoms with Gasteiger partial charge in [0.25, 0.3) is 0 Å². The minimum Gasteiger partial charge on any atom is -0.508 e. The molecule has 0 spiro atoms. The molecule has 0 aliphatic carbocycles. The fraction of sp³-hybridized carbons (Fsp3) is 0.417. The quantitative estimate of drug-likeness (QED) is 0.811. The van der Waals surface area contributed by atoms with Gasteiger partial charge in [-0.15, -0.1) is 0 Å². The first-order chi connectivity index (χ1) is 7.90. The molecule has 92 valence electrons. The van der Waals surface area contributed by atoms with E-state index in [0.717, 1.165) is 0 Å². The molecule has 1 aliphatic rings. The van der Waals surface area contributed by atoms with Crippen molar-refractivity contribution in [3.05, 3.63) is 28.8 Å². The molecular weight excluding hydrogens is 242 g/mol. The number of rotatable bonds is 1. The maximum atomic E-state index is 11.3. The number of halogens is 1. The highest BCUT2D eigenvalue weighted by Gasteiger charge is 2.39. The van der Waals surface area contributed by atoms with Gasteiger partial charge in [0.05, 0.1) is 6.04 Å². The Kier molecular flexibility index (Phi) is 2.91. The molecule has 0 unspecified atom stereocenters. The Balaban J connectivity index is 2.42. The number of ether oxygens (including phenoxy) is 1. The molecule has 1 fully saturated rings. The minimum atomic E-state index is -0.478. The molecule has 1 amide bonds. The summed E-state index contributed by atoms with van der Waals surface area (Å²) in [4.78, 5) is 11.3. The van der Waals surface area contributed by atoms with Crippen molar-refractivity contribution >= 4 is 17.7 Å². The molecular formula is C12H14ClNO3. The number of alkyl carbamates (subject to hydrolysis) is 1. The van der Waals surface area contributed by atoms with Crippen LogP contribution in [0, 0.1) is 5.41 Å². The minimum absolute atomic E-state index is 0.120. The van der Waals surface area contributed by atoms with E-state index in [9.17, 15) is 9.90 Å². The third kappa shape index (κ3) is 2.31. The van der Waals surface area contributed by atoms with Gasteiger partial charge >= 0.3 is 6.09 Å². The van der Waals surface area contributed by atoms with E-state index in [0.29, 0.717) is 17.2 Å². The lowest BCUT2D eigenvalue weighted by atomic mass is 9.80. The van der Waals surface area contributed by atoms with Crippen molar-refractivity contribution in [3.63, 3.8) is 0 Å². The molecule has 0 saturated carbocycles. The second kappa shape index (κ2) is 4.11. The van der Waals surface area contributed by atoms with Gasteiger partial charge in [0.2, 0.25) is 0 Å². The highest BCUT2D eigenvalue weighted by Crippen LogP contribution is 2.40. The number of cyclic esters (lactones) is 1. The van der Waals surface area contributed by atoms with Crippen molar-refractivity contribution < 1.29 is 14.6 Å². The number of phenolic OH excluding ortho intramolecular Hbond substituents is 1. The molecule has 0 bridgehead atoms. The first kappa shape index (κ1) is 12.0. The van der Waals surface area contributed by atoms with Gasteiger partial charge in [-0.3, -0.25) is 0 Å². The lowest BCUT2D eigenvalue weighted by Gasteiger charge is -2.38. The lowest BCUT2D eigenvalue weighted by molar-refractivity contribution is 0.0381. The van der Waals surface area contributed by atoms with Gasteiger partial charge in [0.15, 0.2) is 0 Å². The maximum Gasteiger partial charge on any atom is 0.407 e. The highest BCUT2D eigenvalue weighted by atomic mass is 35.5. The van der Waals surface area contributed by atoms with Crippen molar-refractivity contribution in [2.45, 2.75) is 19.9 Å². The summed E-state index contributed by atoms with van der Waals surface area (Å²) < 4.78 is 4.95. The van der Waals surface area contributed by atoms with Crippen LogP contribution in [0.25, 0.3) is 0 Å². The monoisotopic (exact) mass is 255 g/mol. The second-order valence-corrected chi connectivity index (χ2v) is 5.28. The van der Waals surface area contributed by atoms with Crippen LogP contribution in [0.2, 0.25) is 5.02 Å². The Hall–Kier alpha value is -1.42. The zero-order valence-electron chi connectivity index (χ0n) is 9.66. The molecule has 2 N–H and O–H groups in total. The van der Waals surface area contributed by atoms with Crippen LogP contribution in [0.15, 0.2) is 18.2 Å². The predicted molar refractivity (Wildman–Crippen MR) is 64.1 cm³/mol. The van der Waals surface area contributed by atoms with Crippen LogP contribution in [0.1, 0.15) is 25.5 Å². The molecule has 2 rings (SSSR count). The Bertz CT molecular complexity index is 459. The smallest absolute Gasteiger partial charge is 0.407 e. The van der Waals surface area contributed by atoms with Crippen LogP contribution in [-0.4, -0.2) is 17.8 Å². The Morgan fingerprint density at radius 3 is 2.94 bits per heavy atom. The number of carbonyl (C=O) groups excluding carboxylic acids is 1. The second-order valence-electron chi connectivity index (χ2n) is 4.85. The van der Waals surface area contributed by atoms with Gasteiger partial charge in [-0.25, -0.2) is 4.79 Å². The summed E-state index contributed by atoms with van der Waals surface area (Å²) in [6, 6.07) is 4.47. The first-order valence-corrected chi connectivity index (χ1v) is 5.70. The van der Waals surface area contributed by atoms with Crippen LogP contribution in [0.4, 0.5) is 4.79 Å². The third-order valence-corrected chi connectivity index (χ3v) is 3.15. The van der Waals surface area contributed by atoms with Crippen molar-refractivity contribution in [2.24, 2.45) is 5.41 Å². The van der Waals surface area contributed by atoms with E-state index >= 15 is 0 Å². The Morgan fingerprint density at radius 2 is 2.24 bits per heavy atom. The fourth-order valence-corrected chi connectivity index (χ4v) is 2.13. The van der Waals surface area contributed by atoms with E-state index in [2.05, 4.69) is 5.32 Å². The van der Waals surface area contributed by atoms with Gasteiger partial charge in [-0.05, 0) is 18.2 Å². The van der Waals surface area contributed by atoms with Crippen LogP contribution in [0.5, 0.6) is 5.75 Å². The van der Waals surface area contributed by atoms with Gasteiger partial charge in [-0.1, -0.05) is 25.4 Å². The molecule has 1 atom stereocenters. The number of aromatic hydroxyl groups is 1. The summed E-state index contributed by atoms with van der Waals surface area (Å²) in [7, 11) is 0. The topological polar surface area (TPSA) is 58.6 Å². The Morgan fingerprint density at radius 1 is 1.53 bits per heavy atom. The summed E-state index contributed by atoms with van der Waals surface area (Å²) in [6.45, 7) is 4.21. The first-order valence-electron chi connectivity index (χ1n) is 5.32. The van der Waals surface area contributed by atoms with Gasteiger partial charge in [0.1, 0.15) is 12.4 Å². The molecule has 5 heteroatoms. The summed E-state index contributed by atoms with van der Waals surface area (Å²) in [6.07, 6.45) is -0.478. The van der Waals surface area contributed by atoms with Crippen LogP contribution >= 0.6 is 11.6 Å². The van der Waals surface area contributed by atoms with Crippen molar-refractivity contribution in [2.75, 3.05) is 6.61 Å². The summed E-state index contributed by atoms with van der Waals surface area (Å²) in [5, 5.41) is 13.1. The zero-order valence-corrected chi connectivity index (χ0v) is 10.4. The molecule has 17 heavy (non-hydrogen) atoms. The SMILES string of the molecule is CC1(C)COC(=O)N[C@@H]1c1cc(Cl)ccc1O. The molecule has 1 aliphatic heterocycles. The van der Waals surface area contributed by atoms with E-state index in [1.54, 1.807) is 12.1 Å². The van der Waals surface area contributed by atoms with Crippen molar-refractivity contribution in [3.8, 4) is 5.75 Å². The molecule has 0 aromatic heterocycles. The number of hydrogen-bond donors (Lipinski definition) is 2. The number of phenols is 1. The number of nitrogens with one attached hydrogen (secondary N) is 1. The van der Waals surface area contributed by atoms with E-state index in [1.807, 2.05) is 13.8 Å². The van der Waals surface area contributed by atoms with Gasteiger partial charge in [-0.2, -0.15) is 0 Å². The normalized spacial score (nSPS) is 22.8. The number of hydrogen-bond acceptors (Lipinski definition) is 3. The summed E-state index contributed by atoms with van der Waals surface area (Å²) in [5.74, 6) is 0.120. The largest absolute Gasteiger partial charge is 0.508 e. The molecule has 0 radical (unpaired) electrons. The maximum absolute atomic E-state index is 11.3. The van der Waals surface area contributed by atoms with Crippen molar-refractivity contribution in [1.29, 1.82) is 0 Å². The van der Waals surface area contributed by atoms with Crippen LogP contribution in [0.3, 0.4) is 0 Å². The third-order valence-electron chi connectivity index (χ3n) is 2.92. The standard InChI is InChI=1S/C12H14ClNO3/c1-12(2)6-17-11(16)14-10(12)8-5-7(13)3-4-9(8)15/h3-5,10,15H,6H2,1-2H3,(H,14,16)/t10-/m1/s1. The molecule has 1 aromatic rings. The number of carbonyl (C=O) groups is 1. The Labute approximate surface area is 105 Å². The van der Waals surface area contributed by atoms with Crippen LogP contribution in [-0.2, 0) is 4.74 Å². The average Bonchev–Trinajstić information content (AvgIpc) is 2.26. The molecule has 4 nitrogen and oxygen atoms in total. The predicted octanol–water partition coefficient (Wildman–Crippen LogP) is 2.85. The van der Waals surface area contributed by atoms with Gasteiger partial charge < -0.3 is 15.2 Å². The zero-order chi connectivity index (χ0) is 12.6. The summed E-state index contributed by atoms with van der Waals surface area (Å²) >= 11 is 5.91. The number of benzene rings is 1. The molecule has 1 saturated heterocycles. The average molecular weight is 256 g/mol.